The van der Waals surface area contributed by atoms with E-state index in [0.717, 1.165) is 0 Å². The lowest BCUT2D eigenvalue weighted by atomic mass is 10.0. The maximum atomic E-state index is 10.4. The molecule has 76 valence electrons. The Morgan fingerprint density at radius 3 is 2.46 bits per heavy atom. The molecule has 0 rings (SSSR count). The van der Waals surface area contributed by atoms with Crippen LogP contribution in [0.25, 0.3) is 0 Å². The van der Waals surface area contributed by atoms with Crippen LogP contribution in [-0.2, 0) is 4.79 Å². The van der Waals surface area contributed by atoms with Crippen LogP contribution >= 0.6 is 0 Å². The van der Waals surface area contributed by atoms with Gasteiger partial charge in [-0.1, -0.05) is 6.58 Å². The van der Waals surface area contributed by atoms with Crippen LogP contribution in [-0.4, -0.2) is 34.9 Å². The Kier molecular flexibility index (Phi) is 4.66. The smallest absolute Gasteiger partial charge is 0.332 e. The van der Waals surface area contributed by atoms with E-state index in [0.29, 0.717) is 6.42 Å². The highest BCUT2D eigenvalue weighted by Crippen LogP contribution is 2.07. The van der Waals surface area contributed by atoms with E-state index in [-0.39, 0.29) is 24.3 Å². The summed E-state index contributed by atoms with van der Waals surface area (Å²) in [6.07, 6.45) is 0.583. The highest BCUT2D eigenvalue weighted by molar-refractivity contribution is 5.86. The van der Waals surface area contributed by atoms with E-state index in [2.05, 4.69) is 11.9 Å². The molecular weight excluding hydrogens is 170 g/mol. The fourth-order valence-corrected chi connectivity index (χ4v) is 0.789. The molecule has 0 aliphatic heterocycles. The van der Waals surface area contributed by atoms with Crippen LogP contribution in [0.4, 0.5) is 0 Å². The standard InChI is InChI=1S/C9H17NO3/c1-7(8(12)13)6-10-9(2,3)4-5-11/h10-11H,1,4-6H2,2-3H3,(H,12,13). The number of aliphatic hydroxyl groups excluding tert-OH is 1. The second-order valence-electron chi connectivity index (χ2n) is 3.62. The highest BCUT2D eigenvalue weighted by atomic mass is 16.4. The first-order chi connectivity index (χ1) is 5.89. The minimum Gasteiger partial charge on any atom is -0.478 e. The van der Waals surface area contributed by atoms with Crippen molar-refractivity contribution in [1.29, 1.82) is 0 Å². The summed E-state index contributed by atoms with van der Waals surface area (Å²) in [5.41, 5.74) is -0.126. The van der Waals surface area contributed by atoms with E-state index in [1.165, 1.54) is 0 Å². The number of nitrogens with one attached hydrogen (secondary N) is 1. The topological polar surface area (TPSA) is 69.6 Å². The van der Waals surface area contributed by atoms with E-state index in [1.807, 2.05) is 13.8 Å². The van der Waals surface area contributed by atoms with Crippen LogP contribution in [0, 0.1) is 0 Å². The third kappa shape index (κ3) is 5.38. The first-order valence-corrected chi connectivity index (χ1v) is 4.16. The van der Waals surface area contributed by atoms with Crippen LogP contribution in [0.5, 0.6) is 0 Å². The van der Waals surface area contributed by atoms with Crippen molar-refractivity contribution in [3.8, 4) is 0 Å². The van der Waals surface area contributed by atoms with Crippen molar-refractivity contribution in [1.82, 2.24) is 5.32 Å². The average molecular weight is 187 g/mol. The van der Waals surface area contributed by atoms with E-state index in [9.17, 15) is 4.79 Å². The van der Waals surface area contributed by atoms with E-state index >= 15 is 0 Å². The Bertz CT molecular complexity index is 199. The Morgan fingerprint density at radius 2 is 2.08 bits per heavy atom. The number of aliphatic carboxylic acids is 1. The minimum atomic E-state index is -0.993. The molecule has 0 unspecified atom stereocenters. The van der Waals surface area contributed by atoms with Gasteiger partial charge in [0.15, 0.2) is 0 Å². The molecule has 0 spiro atoms. The van der Waals surface area contributed by atoms with Gasteiger partial charge in [-0.3, -0.25) is 0 Å². The molecule has 0 saturated carbocycles. The van der Waals surface area contributed by atoms with Gasteiger partial charge in [0.1, 0.15) is 0 Å². The Balaban J connectivity index is 3.87. The number of carboxylic acid groups (broad SMARTS) is 1. The molecule has 0 aromatic heterocycles. The maximum absolute atomic E-state index is 10.4. The quantitative estimate of drug-likeness (QED) is 0.526. The third-order valence-electron chi connectivity index (χ3n) is 1.82. The van der Waals surface area contributed by atoms with Crippen molar-refractivity contribution >= 4 is 5.97 Å². The van der Waals surface area contributed by atoms with Crippen LogP contribution in [0.15, 0.2) is 12.2 Å². The van der Waals surface area contributed by atoms with Crippen molar-refractivity contribution in [2.75, 3.05) is 13.2 Å². The van der Waals surface area contributed by atoms with Gasteiger partial charge >= 0.3 is 5.97 Å². The molecule has 0 aliphatic carbocycles. The second-order valence-corrected chi connectivity index (χ2v) is 3.62. The zero-order chi connectivity index (χ0) is 10.5. The fraction of sp³-hybridized carbons (Fsp3) is 0.667. The van der Waals surface area contributed by atoms with E-state index < -0.39 is 5.97 Å². The zero-order valence-corrected chi connectivity index (χ0v) is 8.13. The van der Waals surface area contributed by atoms with Crippen LogP contribution in [0.3, 0.4) is 0 Å². The number of carbonyl (C=O) groups is 1. The summed E-state index contributed by atoms with van der Waals surface area (Å²) in [7, 11) is 0. The van der Waals surface area contributed by atoms with Crippen molar-refractivity contribution in [2.45, 2.75) is 25.8 Å². The van der Waals surface area contributed by atoms with Gasteiger partial charge in [-0.25, -0.2) is 4.79 Å². The lowest BCUT2D eigenvalue weighted by Gasteiger charge is -2.25. The molecule has 0 saturated heterocycles. The Labute approximate surface area is 78.3 Å². The monoisotopic (exact) mass is 187 g/mol. The van der Waals surface area contributed by atoms with Gasteiger partial charge in [-0.15, -0.1) is 0 Å². The molecule has 0 heterocycles. The number of aliphatic hydroxyl groups is 1. The van der Waals surface area contributed by atoms with Gasteiger partial charge in [-0.05, 0) is 20.3 Å². The summed E-state index contributed by atoms with van der Waals surface area (Å²) in [6, 6.07) is 0. The lowest BCUT2D eigenvalue weighted by molar-refractivity contribution is -0.132. The number of carboxylic acids is 1. The summed E-state index contributed by atoms with van der Waals surface area (Å²) >= 11 is 0. The molecule has 4 nitrogen and oxygen atoms in total. The molecule has 0 bridgehead atoms. The predicted molar refractivity (Wildman–Crippen MR) is 50.6 cm³/mol. The molecule has 0 aromatic rings. The third-order valence-corrected chi connectivity index (χ3v) is 1.82. The normalized spacial score (nSPS) is 11.3. The molecule has 3 N–H and O–H groups in total. The summed E-state index contributed by atoms with van der Waals surface area (Å²) < 4.78 is 0. The molecule has 13 heavy (non-hydrogen) atoms. The van der Waals surface area contributed by atoms with Crippen molar-refractivity contribution in [3.63, 3.8) is 0 Å². The van der Waals surface area contributed by atoms with Crippen LogP contribution in [0.2, 0.25) is 0 Å². The first-order valence-electron chi connectivity index (χ1n) is 4.16. The van der Waals surface area contributed by atoms with E-state index in [4.69, 9.17) is 10.2 Å². The maximum Gasteiger partial charge on any atom is 0.332 e. The van der Waals surface area contributed by atoms with Gasteiger partial charge in [0.25, 0.3) is 0 Å². The highest BCUT2D eigenvalue weighted by Gasteiger charge is 2.17. The van der Waals surface area contributed by atoms with E-state index in [1.54, 1.807) is 0 Å². The summed E-state index contributed by atoms with van der Waals surface area (Å²) in [6.45, 7) is 7.52. The molecule has 0 aliphatic rings. The SMILES string of the molecule is C=C(CNC(C)(C)CCO)C(=O)O. The fourth-order valence-electron chi connectivity index (χ4n) is 0.789. The molecule has 0 atom stereocenters. The van der Waals surface area contributed by atoms with Crippen molar-refractivity contribution in [2.24, 2.45) is 0 Å². The van der Waals surface area contributed by atoms with Gasteiger partial charge in [0.2, 0.25) is 0 Å². The Morgan fingerprint density at radius 1 is 1.54 bits per heavy atom. The number of hydrogen-bond donors (Lipinski definition) is 3. The Hall–Kier alpha value is -0.870. The van der Waals surface area contributed by atoms with Crippen molar-refractivity contribution in [3.05, 3.63) is 12.2 Å². The van der Waals surface area contributed by atoms with Crippen molar-refractivity contribution < 1.29 is 15.0 Å². The lowest BCUT2D eigenvalue weighted by Crippen LogP contribution is -2.41. The average Bonchev–Trinajstić information content (AvgIpc) is 2.00. The molecule has 0 radical (unpaired) electrons. The summed E-state index contributed by atoms with van der Waals surface area (Å²) in [4.78, 5) is 10.4. The van der Waals surface area contributed by atoms with Gasteiger partial charge < -0.3 is 15.5 Å². The number of rotatable bonds is 6. The predicted octanol–water partition coefficient (Wildman–Crippen LogP) is 0.378. The van der Waals surface area contributed by atoms with Gasteiger partial charge in [0.05, 0.1) is 0 Å². The first kappa shape index (κ1) is 12.1. The second kappa shape index (κ2) is 4.99. The molecule has 4 heteroatoms. The number of hydrogen-bond acceptors (Lipinski definition) is 3. The van der Waals surface area contributed by atoms with Gasteiger partial charge in [-0.2, -0.15) is 0 Å². The zero-order valence-electron chi connectivity index (χ0n) is 8.13. The minimum absolute atomic E-state index is 0.0829. The molecule has 0 aromatic carbocycles. The summed E-state index contributed by atoms with van der Waals surface area (Å²) in [5.74, 6) is -0.993. The molecule has 0 amide bonds. The summed E-state index contributed by atoms with van der Waals surface area (Å²) in [5, 5.41) is 20.2. The molecular formula is C9H17NO3. The van der Waals surface area contributed by atoms with Crippen LogP contribution < -0.4 is 5.32 Å². The van der Waals surface area contributed by atoms with Gasteiger partial charge in [0, 0.05) is 24.3 Å². The molecule has 0 fully saturated rings. The largest absolute Gasteiger partial charge is 0.478 e. The van der Waals surface area contributed by atoms with Crippen LogP contribution in [0.1, 0.15) is 20.3 Å².